The first kappa shape index (κ1) is 33.3. The van der Waals surface area contributed by atoms with Gasteiger partial charge in [0.25, 0.3) is 0 Å². The number of aliphatic hydroxyl groups excluding tert-OH is 4. The molecule has 0 saturated carbocycles. The van der Waals surface area contributed by atoms with Gasteiger partial charge in [0, 0.05) is 5.41 Å². The van der Waals surface area contributed by atoms with E-state index in [1.807, 2.05) is 0 Å². The van der Waals surface area contributed by atoms with E-state index in [2.05, 4.69) is 0 Å². The topological polar surface area (TPSA) is 230 Å². The Labute approximate surface area is 201 Å². The minimum absolute atomic E-state index is 0.0186. The summed E-state index contributed by atoms with van der Waals surface area (Å²) in [7, 11) is 0. The zero-order valence-corrected chi connectivity index (χ0v) is 19.2. The van der Waals surface area contributed by atoms with Crippen LogP contribution in [0.2, 0.25) is 0 Å². The van der Waals surface area contributed by atoms with Crippen molar-refractivity contribution in [3.05, 3.63) is 70.8 Å². The molecule has 12 nitrogen and oxygen atoms in total. The summed E-state index contributed by atoms with van der Waals surface area (Å²) in [6.07, 6.45) is 0. The highest BCUT2D eigenvalue weighted by molar-refractivity contribution is 5.93. The van der Waals surface area contributed by atoms with E-state index in [4.69, 9.17) is 40.9 Å². The Balaban J connectivity index is 0. The number of benzene rings is 2. The molecule has 194 valence electrons. The lowest BCUT2D eigenvalue weighted by Crippen LogP contribution is -2.20. The van der Waals surface area contributed by atoms with Crippen molar-refractivity contribution in [2.75, 3.05) is 26.4 Å². The van der Waals surface area contributed by atoms with Crippen molar-refractivity contribution in [2.24, 2.45) is 5.41 Å². The van der Waals surface area contributed by atoms with Crippen LogP contribution >= 0.6 is 0 Å². The fraction of sp³-hybridized carbons (Fsp3) is 0.304. The highest BCUT2D eigenvalue weighted by atomic mass is 16.4. The van der Waals surface area contributed by atoms with Crippen molar-refractivity contribution in [3.63, 3.8) is 0 Å². The maximum Gasteiger partial charge on any atom is 0.335 e. The molecule has 2 aromatic carbocycles. The molecule has 12 heteroatoms. The van der Waals surface area contributed by atoms with Gasteiger partial charge in [0.15, 0.2) is 0 Å². The maximum absolute atomic E-state index is 10.4. The molecule has 35 heavy (non-hydrogen) atoms. The summed E-state index contributed by atoms with van der Waals surface area (Å²) < 4.78 is 0. The summed E-state index contributed by atoms with van der Waals surface area (Å²) in [4.78, 5) is 41.4. The van der Waals surface area contributed by atoms with Gasteiger partial charge >= 0.3 is 23.9 Å². The molecular formula is C23H30O12. The molecule has 2 rings (SSSR count). The first-order chi connectivity index (χ1) is 16.3. The average molecular weight is 498 g/mol. The number of hydrogen-bond donors (Lipinski definition) is 8. The molecule has 0 saturated heterocycles. The van der Waals surface area contributed by atoms with Crippen molar-refractivity contribution in [1.29, 1.82) is 0 Å². The number of aromatic carboxylic acids is 4. The van der Waals surface area contributed by atoms with Gasteiger partial charge in [-0.1, -0.05) is 19.9 Å². The van der Waals surface area contributed by atoms with Crippen LogP contribution in [0.1, 0.15) is 55.3 Å². The highest BCUT2D eigenvalue weighted by Gasteiger charge is 2.13. The maximum atomic E-state index is 10.4. The fourth-order valence-corrected chi connectivity index (χ4v) is 1.59. The van der Waals surface area contributed by atoms with Crippen LogP contribution in [0.25, 0.3) is 0 Å². The van der Waals surface area contributed by atoms with Crippen LogP contribution in [0.5, 0.6) is 0 Å². The highest BCUT2D eigenvalue weighted by Crippen LogP contribution is 2.10. The second kappa shape index (κ2) is 17.6. The molecule has 0 bridgehead atoms. The summed E-state index contributed by atoms with van der Waals surface area (Å²) in [5.74, 6) is -4.38. The van der Waals surface area contributed by atoms with Crippen LogP contribution in [0.15, 0.2) is 48.5 Å². The third kappa shape index (κ3) is 15.6. The zero-order chi connectivity index (χ0) is 27.6. The van der Waals surface area contributed by atoms with Crippen LogP contribution in [0, 0.1) is 5.41 Å². The average Bonchev–Trinajstić information content (AvgIpc) is 2.85. The smallest absolute Gasteiger partial charge is 0.335 e. The van der Waals surface area contributed by atoms with Crippen molar-refractivity contribution >= 4 is 23.9 Å². The molecule has 0 fully saturated rings. The third-order valence-electron chi connectivity index (χ3n) is 3.69. The standard InChI is InChI=1S/2C8H6O4.C5H12O2.C2H6O2/c9-7(10)5-1-2-6(4-3-5)8(11)12;9-7(10)5-2-1-3-6(4-5)8(11)12;1-5(2,3-6)4-7;3-1-2-4/h2*1-4H,(H,9,10)(H,11,12);6-7H,3-4H2,1-2H3;3-4H,1-2H2. The number of aliphatic hydroxyl groups is 4. The lowest BCUT2D eigenvalue weighted by molar-refractivity contribution is 0.0681. The molecule has 0 unspecified atom stereocenters. The Bertz CT molecular complexity index is 866. The van der Waals surface area contributed by atoms with Crippen molar-refractivity contribution in [3.8, 4) is 0 Å². The predicted molar refractivity (Wildman–Crippen MR) is 123 cm³/mol. The van der Waals surface area contributed by atoms with E-state index in [-0.39, 0.29) is 54.1 Å². The molecule has 0 radical (unpaired) electrons. The van der Waals surface area contributed by atoms with Crippen LogP contribution in [-0.4, -0.2) is 91.2 Å². The lowest BCUT2D eigenvalue weighted by Gasteiger charge is -2.16. The van der Waals surface area contributed by atoms with Crippen LogP contribution in [0.3, 0.4) is 0 Å². The van der Waals surface area contributed by atoms with Crippen molar-refractivity contribution in [1.82, 2.24) is 0 Å². The van der Waals surface area contributed by atoms with E-state index >= 15 is 0 Å². The second-order valence-corrected chi connectivity index (χ2v) is 7.31. The molecule has 0 aliphatic carbocycles. The van der Waals surface area contributed by atoms with Gasteiger partial charge in [-0.2, -0.15) is 0 Å². The molecule has 0 amide bonds. The molecular weight excluding hydrogens is 468 g/mol. The van der Waals surface area contributed by atoms with Gasteiger partial charge in [0.1, 0.15) is 0 Å². The molecule has 0 aromatic heterocycles. The van der Waals surface area contributed by atoms with Gasteiger partial charge in [0.2, 0.25) is 0 Å². The number of carboxylic acids is 4. The summed E-state index contributed by atoms with van der Waals surface area (Å²) in [6, 6.07) is 10.2. The minimum Gasteiger partial charge on any atom is -0.478 e. The second-order valence-electron chi connectivity index (χ2n) is 7.31. The fourth-order valence-electron chi connectivity index (χ4n) is 1.59. The zero-order valence-electron chi connectivity index (χ0n) is 19.2. The van der Waals surface area contributed by atoms with Gasteiger partial charge < -0.3 is 40.9 Å². The first-order valence-corrected chi connectivity index (χ1v) is 9.83. The Kier molecular flexibility index (Phi) is 16.8. The molecule has 0 aliphatic heterocycles. The quantitative estimate of drug-likeness (QED) is 0.268. The van der Waals surface area contributed by atoms with E-state index in [0.717, 1.165) is 6.07 Å². The van der Waals surface area contributed by atoms with Gasteiger partial charge in [-0.25, -0.2) is 19.2 Å². The van der Waals surface area contributed by atoms with E-state index in [1.54, 1.807) is 13.8 Å². The lowest BCUT2D eigenvalue weighted by atomic mass is 9.97. The van der Waals surface area contributed by atoms with E-state index < -0.39 is 23.9 Å². The normalized spacial score (nSPS) is 9.66. The number of carbonyl (C=O) groups is 4. The van der Waals surface area contributed by atoms with Gasteiger partial charge in [0.05, 0.1) is 48.7 Å². The molecule has 0 atom stereocenters. The summed E-state index contributed by atoms with van der Waals surface area (Å²) in [5, 5.41) is 66.0. The number of rotatable bonds is 7. The SMILES string of the molecule is CC(C)(CO)CO.O=C(O)c1ccc(C(=O)O)cc1.O=C(O)c1cccc(C(=O)O)c1.OCCO. The van der Waals surface area contributed by atoms with Gasteiger partial charge in [-0.05, 0) is 42.5 Å². The van der Waals surface area contributed by atoms with Crippen LogP contribution < -0.4 is 0 Å². The molecule has 0 heterocycles. The Hall–Kier alpha value is -3.84. The summed E-state index contributed by atoms with van der Waals surface area (Å²) in [6.45, 7) is 3.44. The molecule has 0 aliphatic rings. The minimum atomic E-state index is -1.13. The Morgan fingerprint density at radius 3 is 1.03 bits per heavy atom. The van der Waals surface area contributed by atoms with Crippen LogP contribution in [0.4, 0.5) is 0 Å². The third-order valence-corrected chi connectivity index (χ3v) is 3.69. The molecule has 2 aromatic rings. The van der Waals surface area contributed by atoms with Gasteiger partial charge in [-0.3, -0.25) is 0 Å². The monoisotopic (exact) mass is 498 g/mol. The predicted octanol–water partition coefficient (Wildman–Crippen LogP) is 1.13. The largest absolute Gasteiger partial charge is 0.478 e. The summed E-state index contributed by atoms with van der Waals surface area (Å²) in [5.41, 5.74) is -0.176. The van der Waals surface area contributed by atoms with Gasteiger partial charge in [-0.15, -0.1) is 0 Å². The Morgan fingerprint density at radius 2 is 0.857 bits per heavy atom. The van der Waals surface area contributed by atoms with E-state index in [0.29, 0.717) is 0 Å². The van der Waals surface area contributed by atoms with Crippen molar-refractivity contribution in [2.45, 2.75) is 13.8 Å². The van der Waals surface area contributed by atoms with Crippen molar-refractivity contribution < 1.29 is 60.0 Å². The Morgan fingerprint density at radius 1 is 0.571 bits per heavy atom. The first-order valence-electron chi connectivity index (χ1n) is 9.83. The number of carboxylic acid groups (broad SMARTS) is 4. The molecule has 8 N–H and O–H groups in total. The van der Waals surface area contributed by atoms with Crippen LogP contribution in [-0.2, 0) is 0 Å². The molecule has 0 spiro atoms. The number of hydrogen-bond acceptors (Lipinski definition) is 8. The van der Waals surface area contributed by atoms with E-state index in [9.17, 15) is 19.2 Å². The van der Waals surface area contributed by atoms with E-state index in [1.165, 1.54) is 42.5 Å². The summed E-state index contributed by atoms with van der Waals surface area (Å²) >= 11 is 0.